The van der Waals surface area contributed by atoms with E-state index in [1.54, 1.807) is 0 Å². The Kier molecular flexibility index (Phi) is 4.99. The van der Waals surface area contributed by atoms with Crippen LogP contribution in [0.25, 0.3) is 0 Å². The average Bonchev–Trinajstić information content (AvgIpc) is 2.52. The van der Waals surface area contributed by atoms with Gasteiger partial charge in [0.15, 0.2) is 0 Å². The highest BCUT2D eigenvalue weighted by Gasteiger charge is 2.13. The van der Waals surface area contributed by atoms with Crippen LogP contribution >= 0.6 is 0 Å². The Labute approximate surface area is 126 Å². The first-order valence-corrected chi connectivity index (χ1v) is 7.21. The molecule has 1 unspecified atom stereocenters. The van der Waals surface area contributed by atoms with Gasteiger partial charge in [-0.15, -0.1) is 0 Å². The van der Waals surface area contributed by atoms with Crippen LogP contribution < -0.4 is 10.2 Å². The molecule has 0 bridgehead atoms. The summed E-state index contributed by atoms with van der Waals surface area (Å²) in [6, 6.07) is 18.0. The summed E-state index contributed by atoms with van der Waals surface area (Å²) in [4.78, 5) is 14.4. The van der Waals surface area contributed by atoms with Crippen molar-refractivity contribution in [2.75, 3.05) is 18.5 Å². The van der Waals surface area contributed by atoms with E-state index in [-0.39, 0.29) is 11.9 Å². The van der Waals surface area contributed by atoms with Gasteiger partial charge in [0.25, 0.3) is 5.91 Å². The van der Waals surface area contributed by atoms with E-state index in [9.17, 15) is 4.79 Å². The predicted molar refractivity (Wildman–Crippen MR) is 87.8 cm³/mol. The number of likely N-dealkylation sites (N-methyl/N-ethyl adjacent to an activating group) is 1. The Morgan fingerprint density at radius 3 is 2.38 bits per heavy atom. The number of anilines is 1. The van der Waals surface area contributed by atoms with Gasteiger partial charge in [-0.1, -0.05) is 36.4 Å². The first kappa shape index (κ1) is 15.1. The summed E-state index contributed by atoms with van der Waals surface area (Å²) in [5.74, 6) is -0.0126. The van der Waals surface area contributed by atoms with E-state index in [2.05, 4.69) is 29.3 Å². The van der Waals surface area contributed by atoms with Crippen molar-refractivity contribution < 1.29 is 4.79 Å². The molecule has 3 nitrogen and oxygen atoms in total. The molecule has 3 heteroatoms. The van der Waals surface area contributed by atoms with Crippen LogP contribution in [-0.2, 0) is 0 Å². The van der Waals surface area contributed by atoms with E-state index in [4.69, 9.17) is 0 Å². The van der Waals surface area contributed by atoms with Crippen LogP contribution in [0.2, 0.25) is 0 Å². The van der Waals surface area contributed by atoms with Crippen molar-refractivity contribution >= 4 is 11.6 Å². The van der Waals surface area contributed by atoms with Gasteiger partial charge in [-0.2, -0.15) is 0 Å². The molecule has 1 atom stereocenters. The van der Waals surface area contributed by atoms with E-state index in [1.165, 1.54) is 0 Å². The lowest BCUT2D eigenvalue weighted by Gasteiger charge is -2.27. The number of rotatable bonds is 5. The third-order valence-corrected chi connectivity index (χ3v) is 3.77. The standard InChI is InChI=1S/C18H22N2O/c1-14-9-7-8-12-17(14)18(21)19-13-15(2)20(3)16-10-5-4-6-11-16/h4-12,15H,13H2,1-3H3,(H,19,21). The van der Waals surface area contributed by atoms with Gasteiger partial charge >= 0.3 is 0 Å². The predicted octanol–water partition coefficient (Wildman–Crippen LogP) is 3.25. The lowest BCUT2D eigenvalue weighted by atomic mass is 10.1. The summed E-state index contributed by atoms with van der Waals surface area (Å²) < 4.78 is 0. The van der Waals surface area contributed by atoms with Crippen LogP contribution in [0, 0.1) is 6.92 Å². The minimum absolute atomic E-state index is 0.0126. The number of hydrogen-bond acceptors (Lipinski definition) is 2. The van der Waals surface area contributed by atoms with Crippen molar-refractivity contribution in [3.63, 3.8) is 0 Å². The Hall–Kier alpha value is -2.29. The molecule has 0 radical (unpaired) electrons. The van der Waals surface area contributed by atoms with Gasteiger partial charge in [0.2, 0.25) is 0 Å². The van der Waals surface area contributed by atoms with Gasteiger partial charge in [-0.25, -0.2) is 0 Å². The zero-order valence-corrected chi connectivity index (χ0v) is 12.8. The number of aryl methyl sites for hydroxylation is 1. The highest BCUT2D eigenvalue weighted by molar-refractivity contribution is 5.95. The summed E-state index contributed by atoms with van der Waals surface area (Å²) in [6.45, 7) is 4.66. The molecule has 110 valence electrons. The maximum absolute atomic E-state index is 12.2. The fraction of sp³-hybridized carbons (Fsp3) is 0.278. The smallest absolute Gasteiger partial charge is 0.251 e. The summed E-state index contributed by atoms with van der Waals surface area (Å²) in [6.07, 6.45) is 0. The van der Waals surface area contributed by atoms with Gasteiger partial charge in [0, 0.05) is 30.9 Å². The van der Waals surface area contributed by atoms with Crippen molar-refractivity contribution in [1.29, 1.82) is 0 Å². The molecule has 0 fully saturated rings. The van der Waals surface area contributed by atoms with Gasteiger partial charge in [-0.3, -0.25) is 4.79 Å². The van der Waals surface area contributed by atoms with E-state index < -0.39 is 0 Å². The SMILES string of the molecule is Cc1ccccc1C(=O)NCC(C)N(C)c1ccccc1. The zero-order valence-electron chi connectivity index (χ0n) is 12.8. The lowest BCUT2D eigenvalue weighted by Crippen LogP contribution is -2.40. The van der Waals surface area contributed by atoms with Gasteiger partial charge in [0.1, 0.15) is 0 Å². The zero-order chi connectivity index (χ0) is 15.2. The second-order valence-corrected chi connectivity index (χ2v) is 5.32. The summed E-state index contributed by atoms with van der Waals surface area (Å²) in [5.41, 5.74) is 2.89. The Morgan fingerprint density at radius 1 is 1.10 bits per heavy atom. The van der Waals surface area contributed by atoms with Crippen molar-refractivity contribution in [3.05, 3.63) is 65.7 Å². The monoisotopic (exact) mass is 282 g/mol. The van der Waals surface area contributed by atoms with Crippen LogP contribution in [0.1, 0.15) is 22.8 Å². The molecule has 21 heavy (non-hydrogen) atoms. The second kappa shape index (κ2) is 6.93. The van der Waals surface area contributed by atoms with E-state index >= 15 is 0 Å². The number of carbonyl (C=O) groups is 1. The lowest BCUT2D eigenvalue weighted by molar-refractivity contribution is 0.0951. The van der Waals surface area contributed by atoms with Crippen molar-refractivity contribution in [3.8, 4) is 0 Å². The van der Waals surface area contributed by atoms with Gasteiger partial charge in [0.05, 0.1) is 0 Å². The summed E-state index contributed by atoms with van der Waals surface area (Å²) >= 11 is 0. The molecular formula is C18H22N2O. The maximum Gasteiger partial charge on any atom is 0.251 e. The van der Waals surface area contributed by atoms with Crippen molar-refractivity contribution in [2.45, 2.75) is 19.9 Å². The molecule has 1 amide bonds. The van der Waals surface area contributed by atoms with Gasteiger partial charge in [-0.05, 0) is 37.6 Å². The molecule has 0 heterocycles. The molecule has 0 aliphatic carbocycles. The minimum atomic E-state index is -0.0126. The number of hydrogen-bond donors (Lipinski definition) is 1. The molecule has 0 saturated carbocycles. The fourth-order valence-electron chi connectivity index (χ4n) is 2.22. The Bertz CT molecular complexity index is 595. The molecule has 2 aromatic rings. The average molecular weight is 282 g/mol. The van der Waals surface area contributed by atoms with Crippen LogP contribution in [0.5, 0.6) is 0 Å². The number of carbonyl (C=O) groups excluding carboxylic acids is 1. The fourth-order valence-corrected chi connectivity index (χ4v) is 2.22. The third kappa shape index (κ3) is 3.85. The van der Waals surface area contributed by atoms with Crippen LogP contribution in [0.4, 0.5) is 5.69 Å². The van der Waals surface area contributed by atoms with Crippen molar-refractivity contribution in [2.24, 2.45) is 0 Å². The van der Waals surface area contributed by atoms with Gasteiger partial charge < -0.3 is 10.2 Å². The molecule has 0 aliphatic heterocycles. The third-order valence-electron chi connectivity index (χ3n) is 3.77. The number of para-hydroxylation sites is 1. The second-order valence-electron chi connectivity index (χ2n) is 5.32. The topological polar surface area (TPSA) is 32.3 Å². The summed E-state index contributed by atoms with van der Waals surface area (Å²) in [7, 11) is 2.04. The molecular weight excluding hydrogens is 260 g/mol. The molecule has 0 spiro atoms. The van der Waals surface area contributed by atoms with Crippen LogP contribution in [-0.4, -0.2) is 25.5 Å². The maximum atomic E-state index is 12.2. The number of benzene rings is 2. The first-order valence-electron chi connectivity index (χ1n) is 7.21. The van der Waals surface area contributed by atoms with Crippen molar-refractivity contribution in [1.82, 2.24) is 5.32 Å². The van der Waals surface area contributed by atoms with E-state index in [0.29, 0.717) is 6.54 Å². The molecule has 2 rings (SSSR count). The quantitative estimate of drug-likeness (QED) is 0.913. The van der Waals surface area contributed by atoms with E-state index in [0.717, 1.165) is 16.8 Å². The molecule has 0 aromatic heterocycles. The number of nitrogens with zero attached hydrogens (tertiary/aromatic N) is 1. The molecule has 0 aliphatic rings. The number of amides is 1. The normalized spacial score (nSPS) is 11.8. The van der Waals surface area contributed by atoms with Crippen LogP contribution in [0.3, 0.4) is 0 Å². The van der Waals surface area contributed by atoms with E-state index in [1.807, 2.05) is 56.4 Å². The molecule has 1 N–H and O–H groups in total. The highest BCUT2D eigenvalue weighted by Crippen LogP contribution is 2.14. The molecule has 0 saturated heterocycles. The molecule has 2 aromatic carbocycles. The van der Waals surface area contributed by atoms with Crippen LogP contribution in [0.15, 0.2) is 54.6 Å². The largest absolute Gasteiger partial charge is 0.370 e. The minimum Gasteiger partial charge on any atom is -0.370 e. The summed E-state index contributed by atoms with van der Waals surface area (Å²) in [5, 5.41) is 3.01. The first-order chi connectivity index (χ1) is 10.1. The Morgan fingerprint density at radius 2 is 1.71 bits per heavy atom. The Balaban J connectivity index is 1.94. The highest BCUT2D eigenvalue weighted by atomic mass is 16.1. The number of nitrogens with one attached hydrogen (secondary N) is 1.